The smallest absolute Gasteiger partial charge is 0.309 e. The van der Waals surface area contributed by atoms with Crippen LogP contribution >= 0.6 is 11.3 Å². The zero-order valence-corrected chi connectivity index (χ0v) is 17.8. The van der Waals surface area contributed by atoms with E-state index in [4.69, 9.17) is 0 Å². The van der Waals surface area contributed by atoms with E-state index in [9.17, 15) is 14.0 Å². The van der Waals surface area contributed by atoms with Gasteiger partial charge in [0.1, 0.15) is 5.82 Å². The highest BCUT2D eigenvalue weighted by molar-refractivity contribution is 7.08. The molecule has 0 spiro atoms. The van der Waals surface area contributed by atoms with Crippen molar-refractivity contribution in [3.63, 3.8) is 0 Å². The maximum Gasteiger partial charge on any atom is 0.309 e. The lowest BCUT2D eigenvalue weighted by Gasteiger charge is -2.35. The van der Waals surface area contributed by atoms with Crippen molar-refractivity contribution in [3.05, 3.63) is 93.4 Å². The normalized spacial score (nSPS) is 14.5. The van der Waals surface area contributed by atoms with E-state index < -0.39 is 11.8 Å². The van der Waals surface area contributed by atoms with Crippen LogP contribution in [0.4, 0.5) is 4.39 Å². The topological polar surface area (TPSA) is 61.4 Å². The van der Waals surface area contributed by atoms with Crippen molar-refractivity contribution in [1.29, 1.82) is 0 Å². The zero-order chi connectivity index (χ0) is 21.6. The summed E-state index contributed by atoms with van der Waals surface area (Å²) in [4.78, 5) is 26.9. The molecule has 1 aliphatic rings. The Hall–Kier alpha value is -3.03. The van der Waals surface area contributed by atoms with Gasteiger partial charge in [0.05, 0.1) is 6.04 Å². The van der Waals surface area contributed by atoms with Crippen molar-refractivity contribution in [2.75, 3.05) is 13.1 Å². The quantitative estimate of drug-likeness (QED) is 0.581. The Kier molecular flexibility index (Phi) is 6.74. The van der Waals surface area contributed by atoms with Crippen LogP contribution in [0.1, 0.15) is 28.3 Å². The monoisotopic (exact) mass is 437 g/mol. The highest BCUT2D eigenvalue weighted by Crippen LogP contribution is 2.28. The van der Waals surface area contributed by atoms with Crippen LogP contribution < -0.4 is 10.6 Å². The molecule has 1 atom stereocenters. The van der Waals surface area contributed by atoms with Crippen LogP contribution in [0.3, 0.4) is 0 Å². The largest absolute Gasteiger partial charge is 0.346 e. The van der Waals surface area contributed by atoms with Gasteiger partial charge in [-0.25, -0.2) is 4.39 Å². The molecule has 4 rings (SSSR count). The molecule has 3 aromatic rings. The summed E-state index contributed by atoms with van der Waals surface area (Å²) in [7, 11) is 0. The average Bonchev–Trinajstić information content (AvgIpc) is 3.33. The molecule has 0 bridgehead atoms. The molecule has 2 aromatic carbocycles. The summed E-state index contributed by atoms with van der Waals surface area (Å²) in [5.74, 6) is -1.70. The average molecular weight is 438 g/mol. The van der Waals surface area contributed by atoms with Crippen molar-refractivity contribution in [1.82, 2.24) is 15.5 Å². The molecule has 2 heterocycles. The number of benzene rings is 2. The maximum absolute atomic E-state index is 13.0. The van der Waals surface area contributed by atoms with Crippen LogP contribution in [-0.2, 0) is 29.1 Å². The lowest BCUT2D eigenvalue weighted by Crippen LogP contribution is -2.45. The van der Waals surface area contributed by atoms with Crippen LogP contribution in [0.25, 0.3) is 0 Å². The predicted molar refractivity (Wildman–Crippen MR) is 119 cm³/mol. The molecule has 7 heteroatoms. The summed E-state index contributed by atoms with van der Waals surface area (Å²) in [6, 6.07) is 16.3. The number of fused-ring (bicyclic) bond motifs is 1. The molecule has 31 heavy (non-hydrogen) atoms. The Balaban J connectivity index is 1.36. The molecular weight excluding hydrogens is 413 g/mol. The molecule has 0 radical (unpaired) electrons. The van der Waals surface area contributed by atoms with Crippen molar-refractivity contribution in [2.45, 2.75) is 25.6 Å². The fourth-order valence-electron chi connectivity index (χ4n) is 3.84. The first-order valence-electron chi connectivity index (χ1n) is 10.2. The van der Waals surface area contributed by atoms with Gasteiger partial charge in [-0.2, -0.15) is 11.3 Å². The number of thiophene rings is 1. The molecule has 2 N–H and O–H groups in total. The summed E-state index contributed by atoms with van der Waals surface area (Å²) in [5.41, 5.74) is 4.53. The standard InChI is InChI=1S/C24H24FN3O2S/c25-21-7-5-17(6-8-21)13-26-23(29)24(30)27-14-22(20-10-12-31-16-20)28-11-9-18-3-1-2-4-19(18)15-28/h1-8,10,12,16,22H,9,11,13-15H2,(H,26,29)(H,27,30)/t22-/m0/s1. The lowest BCUT2D eigenvalue weighted by molar-refractivity contribution is -0.139. The van der Waals surface area contributed by atoms with Gasteiger partial charge in [0.2, 0.25) is 0 Å². The Morgan fingerprint density at radius 2 is 1.74 bits per heavy atom. The second-order valence-electron chi connectivity index (χ2n) is 7.58. The van der Waals surface area contributed by atoms with E-state index in [2.05, 4.69) is 51.2 Å². The van der Waals surface area contributed by atoms with E-state index >= 15 is 0 Å². The highest BCUT2D eigenvalue weighted by atomic mass is 32.1. The number of nitrogens with zero attached hydrogens (tertiary/aromatic N) is 1. The Labute approximate surface area is 184 Å². The van der Waals surface area contributed by atoms with Gasteiger partial charge in [-0.3, -0.25) is 14.5 Å². The van der Waals surface area contributed by atoms with Crippen LogP contribution in [0, 0.1) is 5.82 Å². The minimum absolute atomic E-state index is 0.00606. The van der Waals surface area contributed by atoms with E-state index in [1.807, 2.05) is 5.38 Å². The molecule has 0 unspecified atom stereocenters. The third kappa shape index (κ3) is 5.37. The highest BCUT2D eigenvalue weighted by Gasteiger charge is 2.26. The predicted octanol–water partition coefficient (Wildman–Crippen LogP) is 3.42. The number of hydrogen-bond donors (Lipinski definition) is 2. The van der Waals surface area contributed by atoms with Gasteiger partial charge >= 0.3 is 11.8 Å². The van der Waals surface area contributed by atoms with Crippen LogP contribution in [-0.4, -0.2) is 29.8 Å². The van der Waals surface area contributed by atoms with Crippen LogP contribution in [0.15, 0.2) is 65.4 Å². The Morgan fingerprint density at radius 1 is 1.00 bits per heavy atom. The zero-order valence-electron chi connectivity index (χ0n) is 17.0. The number of hydrogen-bond acceptors (Lipinski definition) is 4. The number of carbonyl (C=O) groups excluding carboxylic acids is 2. The van der Waals surface area contributed by atoms with Crippen molar-refractivity contribution >= 4 is 23.2 Å². The maximum atomic E-state index is 13.0. The first-order valence-corrected chi connectivity index (χ1v) is 11.2. The van der Waals surface area contributed by atoms with E-state index in [1.54, 1.807) is 23.5 Å². The van der Waals surface area contributed by atoms with Crippen molar-refractivity contribution < 1.29 is 14.0 Å². The first-order chi connectivity index (χ1) is 15.1. The fourth-order valence-corrected chi connectivity index (χ4v) is 4.55. The molecule has 0 saturated carbocycles. The Bertz CT molecular complexity index is 1040. The van der Waals surface area contributed by atoms with Gasteiger partial charge in [0, 0.05) is 26.2 Å². The van der Waals surface area contributed by atoms with Gasteiger partial charge in [-0.05, 0) is 57.6 Å². The summed E-state index contributed by atoms with van der Waals surface area (Å²) in [6.07, 6.45) is 0.961. The molecule has 5 nitrogen and oxygen atoms in total. The molecule has 0 aliphatic carbocycles. The molecular formula is C24H24FN3O2S. The third-order valence-electron chi connectivity index (χ3n) is 5.56. The SMILES string of the molecule is O=C(NCc1ccc(F)cc1)C(=O)NC[C@@H](c1ccsc1)N1CCc2ccccc2C1. The number of halogens is 1. The summed E-state index contributed by atoms with van der Waals surface area (Å²) < 4.78 is 13.0. The third-order valence-corrected chi connectivity index (χ3v) is 6.26. The van der Waals surface area contributed by atoms with Crippen LogP contribution in [0.5, 0.6) is 0 Å². The van der Waals surface area contributed by atoms with E-state index in [0.717, 1.165) is 30.6 Å². The molecule has 0 saturated heterocycles. The number of carbonyl (C=O) groups is 2. The minimum atomic E-state index is -0.697. The first kappa shape index (κ1) is 21.2. The van der Waals surface area contributed by atoms with Crippen LogP contribution in [0.2, 0.25) is 0 Å². The molecule has 2 amide bonds. The van der Waals surface area contributed by atoms with E-state index in [-0.39, 0.29) is 18.4 Å². The van der Waals surface area contributed by atoms with Crippen molar-refractivity contribution in [2.24, 2.45) is 0 Å². The molecule has 1 aliphatic heterocycles. The summed E-state index contributed by atoms with van der Waals surface area (Å²) in [5, 5.41) is 9.49. The summed E-state index contributed by atoms with van der Waals surface area (Å²) in [6.45, 7) is 2.22. The second kappa shape index (κ2) is 9.85. The second-order valence-corrected chi connectivity index (χ2v) is 8.36. The minimum Gasteiger partial charge on any atom is -0.346 e. The number of rotatable bonds is 6. The van der Waals surface area contributed by atoms with Gasteiger partial charge in [-0.1, -0.05) is 36.4 Å². The molecule has 160 valence electrons. The summed E-state index contributed by atoms with van der Waals surface area (Å²) >= 11 is 1.62. The van der Waals surface area contributed by atoms with Crippen molar-refractivity contribution in [3.8, 4) is 0 Å². The van der Waals surface area contributed by atoms with E-state index in [0.29, 0.717) is 6.54 Å². The van der Waals surface area contributed by atoms with Gasteiger partial charge in [0.25, 0.3) is 0 Å². The fraction of sp³-hybridized carbons (Fsp3) is 0.250. The lowest BCUT2D eigenvalue weighted by atomic mass is 9.97. The molecule has 0 fully saturated rings. The van der Waals surface area contributed by atoms with Gasteiger partial charge in [0.15, 0.2) is 0 Å². The molecule has 1 aromatic heterocycles. The van der Waals surface area contributed by atoms with Gasteiger partial charge in [-0.15, -0.1) is 0 Å². The number of amides is 2. The van der Waals surface area contributed by atoms with E-state index in [1.165, 1.54) is 23.3 Å². The number of nitrogens with one attached hydrogen (secondary N) is 2. The Morgan fingerprint density at radius 3 is 2.48 bits per heavy atom. The van der Waals surface area contributed by atoms with Gasteiger partial charge < -0.3 is 10.6 Å².